The van der Waals surface area contributed by atoms with Crippen LogP contribution in [0.25, 0.3) is 39.0 Å². The minimum Gasteiger partial charge on any atom is -0.455 e. The van der Waals surface area contributed by atoms with Crippen molar-refractivity contribution in [1.82, 2.24) is 4.90 Å². The number of benzene rings is 3. The van der Waals surface area contributed by atoms with Crippen molar-refractivity contribution in [3.63, 3.8) is 0 Å². The Morgan fingerprint density at radius 2 is 1.83 bits per heavy atom. The first-order valence-electron chi connectivity index (χ1n) is 12.3. The highest BCUT2D eigenvalue weighted by Gasteiger charge is 2.27. The number of rotatable bonds is 3. The van der Waals surface area contributed by atoms with E-state index in [-0.39, 0.29) is 5.54 Å². The maximum Gasteiger partial charge on any atom is 0.144 e. The Morgan fingerprint density at radius 3 is 2.66 bits per heavy atom. The van der Waals surface area contributed by atoms with Crippen molar-refractivity contribution in [2.75, 3.05) is 31.6 Å². The molecule has 0 radical (unpaired) electrons. The molecule has 1 fully saturated rings. The lowest BCUT2D eigenvalue weighted by molar-refractivity contribution is 0.0342. The molecule has 1 saturated heterocycles. The molecule has 5 heteroatoms. The number of ether oxygens (including phenoxy) is 1. The molecule has 0 spiro atoms. The van der Waals surface area contributed by atoms with Crippen molar-refractivity contribution in [2.24, 2.45) is 0 Å². The van der Waals surface area contributed by atoms with Crippen molar-refractivity contribution in [2.45, 2.75) is 32.9 Å². The fourth-order valence-electron chi connectivity index (χ4n) is 5.60. The van der Waals surface area contributed by atoms with Gasteiger partial charge in [-0.05, 0) is 67.8 Å². The Balaban J connectivity index is 1.57. The van der Waals surface area contributed by atoms with E-state index < -0.39 is 0 Å². The molecule has 0 unspecified atom stereocenters. The highest BCUT2D eigenvalue weighted by atomic mass is 16.5. The Kier molecular flexibility index (Phi) is 5.28. The fourth-order valence-corrected chi connectivity index (χ4v) is 5.60. The van der Waals surface area contributed by atoms with Gasteiger partial charge in [-0.2, -0.15) is 0 Å². The zero-order valence-corrected chi connectivity index (χ0v) is 20.6. The normalized spacial score (nSPS) is 17.7. The molecule has 0 amide bonds. The summed E-state index contributed by atoms with van der Waals surface area (Å²) in [6, 6.07) is 18.9. The molecule has 35 heavy (non-hydrogen) atoms. The summed E-state index contributed by atoms with van der Waals surface area (Å²) in [4.78, 5) is 2.45. The lowest BCUT2D eigenvalue weighted by Crippen LogP contribution is -2.35. The largest absolute Gasteiger partial charge is 0.455 e. The highest BCUT2D eigenvalue weighted by molar-refractivity contribution is 6.07. The summed E-state index contributed by atoms with van der Waals surface area (Å²) in [6.45, 7) is 11.0. The molecule has 2 N–H and O–H groups in total. The van der Waals surface area contributed by atoms with Crippen LogP contribution in [0.5, 0.6) is 0 Å². The van der Waals surface area contributed by atoms with Crippen molar-refractivity contribution >= 4 is 22.2 Å². The molecule has 3 aliphatic heterocycles. The molecule has 6 rings (SSSR count). The van der Waals surface area contributed by atoms with E-state index in [1.807, 2.05) is 18.2 Å². The van der Waals surface area contributed by atoms with Crippen LogP contribution in [-0.2, 0) is 11.3 Å². The standard InChI is InChI=1S/C30H31N3O2/c1-19-17-30(2,3)32-25-10-9-24-28(23-8-7-22(31)16-26(23)35-29(24)27(19)25)21-6-4-5-20(15-21)18-33-11-13-34-14-12-33/h4-10,15-17,31-32H,11-14,18H2,1-3H3. The first-order chi connectivity index (χ1) is 16.9. The number of anilines is 1. The lowest BCUT2D eigenvalue weighted by atomic mass is 9.87. The van der Waals surface area contributed by atoms with Gasteiger partial charge in [0.15, 0.2) is 0 Å². The number of morpholine rings is 1. The van der Waals surface area contributed by atoms with Gasteiger partial charge in [-0.1, -0.05) is 24.3 Å². The van der Waals surface area contributed by atoms with Crippen LogP contribution in [0, 0.1) is 5.41 Å². The van der Waals surface area contributed by atoms with Gasteiger partial charge >= 0.3 is 0 Å². The third kappa shape index (κ3) is 4.05. The van der Waals surface area contributed by atoms with Gasteiger partial charge < -0.3 is 19.9 Å². The van der Waals surface area contributed by atoms with Gasteiger partial charge in [0.1, 0.15) is 11.3 Å². The lowest BCUT2D eigenvalue weighted by Gasteiger charge is -2.32. The molecule has 2 aromatic rings. The molecular weight excluding hydrogens is 434 g/mol. The number of hydrogen-bond donors (Lipinski definition) is 2. The minimum absolute atomic E-state index is 0.118. The van der Waals surface area contributed by atoms with Gasteiger partial charge in [0.2, 0.25) is 0 Å². The number of hydrogen-bond acceptors (Lipinski definition) is 5. The van der Waals surface area contributed by atoms with Crippen molar-refractivity contribution < 1.29 is 9.15 Å². The average Bonchev–Trinajstić information content (AvgIpc) is 2.82. The van der Waals surface area contributed by atoms with Crippen LogP contribution in [0.1, 0.15) is 31.9 Å². The van der Waals surface area contributed by atoms with Crippen LogP contribution in [-0.4, -0.2) is 36.7 Å². The topological polar surface area (TPSA) is 61.5 Å². The summed E-state index contributed by atoms with van der Waals surface area (Å²) in [5.74, 6) is 0.740. The fraction of sp³-hybridized carbons (Fsp3) is 0.300. The maximum atomic E-state index is 8.22. The highest BCUT2D eigenvalue weighted by Crippen LogP contribution is 2.45. The zero-order valence-electron chi connectivity index (χ0n) is 20.6. The Hall–Kier alpha value is -3.41. The molecule has 3 heterocycles. The average molecular weight is 466 g/mol. The predicted molar refractivity (Wildman–Crippen MR) is 142 cm³/mol. The molecule has 4 aliphatic rings. The monoisotopic (exact) mass is 465 g/mol. The van der Waals surface area contributed by atoms with E-state index in [4.69, 9.17) is 14.6 Å². The quantitative estimate of drug-likeness (QED) is 0.358. The Morgan fingerprint density at radius 1 is 1.00 bits per heavy atom. The van der Waals surface area contributed by atoms with Crippen LogP contribution in [0.4, 0.5) is 5.69 Å². The molecular formula is C30H31N3O2. The summed E-state index contributed by atoms with van der Waals surface area (Å²) in [5, 5.41) is 13.4. The molecule has 5 nitrogen and oxygen atoms in total. The molecule has 0 bridgehead atoms. The number of nitrogens with zero attached hydrogens (tertiary/aromatic N) is 1. The Bertz CT molecular complexity index is 1490. The summed E-state index contributed by atoms with van der Waals surface area (Å²) >= 11 is 0. The second-order valence-corrected chi connectivity index (χ2v) is 10.3. The SMILES string of the molecule is CC1=CC(C)(C)Nc2ccc3c(-c4cccc(CN5CCOCC5)c4)c4ccc(=N)cc-4oc3c21. The van der Waals surface area contributed by atoms with Crippen molar-refractivity contribution in [3.05, 3.63) is 77.2 Å². The van der Waals surface area contributed by atoms with Crippen LogP contribution in [0.15, 0.2) is 65.1 Å². The van der Waals surface area contributed by atoms with Crippen molar-refractivity contribution in [1.29, 1.82) is 5.41 Å². The summed E-state index contributed by atoms with van der Waals surface area (Å²) in [6.07, 6.45) is 2.26. The Labute approximate surface area is 205 Å². The van der Waals surface area contributed by atoms with E-state index in [0.29, 0.717) is 5.36 Å². The molecule has 0 atom stereocenters. The minimum atomic E-state index is -0.118. The van der Waals surface area contributed by atoms with Crippen LogP contribution in [0.3, 0.4) is 0 Å². The van der Waals surface area contributed by atoms with E-state index in [9.17, 15) is 0 Å². The number of allylic oxidation sites excluding steroid dienone is 1. The number of nitrogens with one attached hydrogen (secondary N) is 2. The van der Waals surface area contributed by atoms with E-state index in [1.54, 1.807) is 0 Å². The van der Waals surface area contributed by atoms with E-state index in [0.717, 1.165) is 72.0 Å². The zero-order chi connectivity index (χ0) is 24.2. The summed E-state index contributed by atoms with van der Waals surface area (Å²) in [5.41, 5.74) is 8.79. The third-order valence-corrected chi connectivity index (χ3v) is 7.04. The van der Waals surface area contributed by atoms with Gasteiger partial charge in [0.25, 0.3) is 0 Å². The van der Waals surface area contributed by atoms with E-state index >= 15 is 0 Å². The maximum absolute atomic E-state index is 8.22. The van der Waals surface area contributed by atoms with Crippen molar-refractivity contribution in [3.8, 4) is 22.5 Å². The molecule has 2 aromatic carbocycles. The van der Waals surface area contributed by atoms with Crippen LogP contribution < -0.4 is 10.7 Å². The van der Waals surface area contributed by atoms with Crippen LogP contribution in [0.2, 0.25) is 0 Å². The molecule has 1 aliphatic carbocycles. The molecule has 0 saturated carbocycles. The van der Waals surface area contributed by atoms with Crippen LogP contribution >= 0.6 is 0 Å². The van der Waals surface area contributed by atoms with Gasteiger partial charge in [-0.15, -0.1) is 0 Å². The molecule has 0 aromatic heterocycles. The number of fused-ring (bicyclic) bond motifs is 4. The first-order valence-corrected chi connectivity index (χ1v) is 12.3. The van der Waals surface area contributed by atoms with Gasteiger partial charge in [0, 0.05) is 53.5 Å². The smallest absolute Gasteiger partial charge is 0.144 e. The second kappa shape index (κ2) is 8.36. The second-order valence-electron chi connectivity index (χ2n) is 10.3. The van der Waals surface area contributed by atoms with E-state index in [1.165, 1.54) is 16.7 Å². The predicted octanol–water partition coefficient (Wildman–Crippen LogP) is 6.12. The van der Waals surface area contributed by atoms with E-state index in [2.05, 4.69) is 73.5 Å². The third-order valence-electron chi connectivity index (χ3n) is 7.04. The van der Waals surface area contributed by atoms with Gasteiger partial charge in [-0.3, -0.25) is 4.90 Å². The molecule has 178 valence electrons. The summed E-state index contributed by atoms with van der Waals surface area (Å²) < 4.78 is 12.1. The summed E-state index contributed by atoms with van der Waals surface area (Å²) in [7, 11) is 0. The van der Waals surface area contributed by atoms with Gasteiger partial charge in [0.05, 0.1) is 24.1 Å². The van der Waals surface area contributed by atoms with Gasteiger partial charge in [-0.25, -0.2) is 0 Å². The first kappa shape index (κ1) is 22.1.